The van der Waals surface area contributed by atoms with E-state index in [2.05, 4.69) is 5.32 Å². The predicted octanol–water partition coefficient (Wildman–Crippen LogP) is 1.02. The first-order valence-electron chi connectivity index (χ1n) is 5.39. The van der Waals surface area contributed by atoms with Gasteiger partial charge in [-0.2, -0.15) is 0 Å². The van der Waals surface area contributed by atoms with Crippen LogP contribution in [0.3, 0.4) is 0 Å². The van der Waals surface area contributed by atoms with E-state index in [0.29, 0.717) is 13.2 Å². The highest BCUT2D eigenvalue weighted by atomic mass is 16.5. The van der Waals surface area contributed by atoms with Gasteiger partial charge in [-0.3, -0.25) is 4.79 Å². The second-order valence-electron chi connectivity index (χ2n) is 3.89. The summed E-state index contributed by atoms with van der Waals surface area (Å²) in [5.74, 6) is -0.837. The first-order chi connectivity index (χ1) is 7.77. The van der Waals surface area contributed by atoms with Gasteiger partial charge in [0.2, 0.25) is 0 Å². The van der Waals surface area contributed by atoms with Gasteiger partial charge in [0.25, 0.3) is 0 Å². The van der Waals surface area contributed by atoms with Gasteiger partial charge in [0, 0.05) is 0 Å². The molecule has 4 nitrogen and oxygen atoms in total. The zero-order chi connectivity index (χ0) is 11.4. The smallest absolute Gasteiger partial charge is 0.323 e. The van der Waals surface area contributed by atoms with Crippen LogP contribution in [-0.2, 0) is 16.1 Å². The van der Waals surface area contributed by atoms with Gasteiger partial charge in [0.15, 0.2) is 0 Å². The Labute approximate surface area is 94.2 Å². The monoisotopic (exact) mass is 221 g/mol. The highest BCUT2D eigenvalue weighted by Crippen LogP contribution is 2.14. The number of hydrogen-bond acceptors (Lipinski definition) is 3. The number of carbonyl (C=O) groups is 1. The molecule has 1 fully saturated rings. The molecule has 0 radical (unpaired) electrons. The van der Waals surface area contributed by atoms with Crippen molar-refractivity contribution in [3.63, 3.8) is 0 Å². The van der Waals surface area contributed by atoms with Gasteiger partial charge in [-0.05, 0) is 18.5 Å². The topological polar surface area (TPSA) is 58.6 Å². The molecule has 4 heteroatoms. The van der Waals surface area contributed by atoms with Gasteiger partial charge in [-0.25, -0.2) is 0 Å². The lowest BCUT2D eigenvalue weighted by Gasteiger charge is -2.16. The number of hydrogen-bond donors (Lipinski definition) is 2. The molecule has 2 N–H and O–H groups in total. The van der Waals surface area contributed by atoms with E-state index in [1.165, 1.54) is 0 Å². The molecule has 1 aromatic rings. The summed E-state index contributed by atoms with van der Waals surface area (Å²) >= 11 is 0. The fraction of sp³-hybridized carbons (Fsp3) is 0.417. The van der Waals surface area contributed by atoms with E-state index in [1.54, 1.807) is 0 Å². The third-order valence-electron chi connectivity index (χ3n) is 2.74. The van der Waals surface area contributed by atoms with Crippen molar-refractivity contribution in [3.8, 4) is 0 Å². The third kappa shape index (κ3) is 2.59. The predicted molar refractivity (Wildman–Crippen MR) is 59.1 cm³/mol. The summed E-state index contributed by atoms with van der Waals surface area (Å²) < 4.78 is 5.62. The van der Waals surface area contributed by atoms with Gasteiger partial charge in [-0.15, -0.1) is 0 Å². The molecule has 0 aliphatic carbocycles. The average Bonchev–Trinajstić information content (AvgIpc) is 2.76. The summed E-state index contributed by atoms with van der Waals surface area (Å²) in [7, 11) is 0. The second-order valence-corrected chi connectivity index (χ2v) is 3.89. The van der Waals surface area contributed by atoms with E-state index in [4.69, 9.17) is 9.84 Å². The molecule has 1 aliphatic heterocycles. The molecule has 86 valence electrons. The molecule has 0 bridgehead atoms. The summed E-state index contributed by atoms with van der Waals surface area (Å²) in [6, 6.07) is 9.21. The Morgan fingerprint density at radius 1 is 1.44 bits per heavy atom. The molecule has 0 saturated carbocycles. The normalized spacial score (nSPS) is 24.5. The standard InChI is InChI=1S/C12H15NO3/c14-12(15)11-10(6-7-13-11)16-8-9-4-2-1-3-5-9/h1-5,10-11,13H,6-8H2,(H,14,15)/t10?,11-/m0/s1. The molecular weight excluding hydrogens is 206 g/mol. The summed E-state index contributed by atoms with van der Waals surface area (Å²) in [5, 5.41) is 11.9. The quantitative estimate of drug-likeness (QED) is 0.797. The van der Waals surface area contributed by atoms with Crippen molar-refractivity contribution in [1.82, 2.24) is 5.32 Å². The fourth-order valence-electron chi connectivity index (χ4n) is 1.88. The Balaban J connectivity index is 1.88. The maximum atomic E-state index is 10.9. The highest BCUT2D eigenvalue weighted by Gasteiger charge is 2.33. The van der Waals surface area contributed by atoms with E-state index < -0.39 is 12.0 Å². The van der Waals surface area contributed by atoms with Crippen molar-refractivity contribution in [2.45, 2.75) is 25.2 Å². The van der Waals surface area contributed by atoms with E-state index >= 15 is 0 Å². The Morgan fingerprint density at radius 3 is 2.88 bits per heavy atom. The van der Waals surface area contributed by atoms with Crippen molar-refractivity contribution in [2.75, 3.05) is 6.54 Å². The van der Waals surface area contributed by atoms with Crippen molar-refractivity contribution in [3.05, 3.63) is 35.9 Å². The van der Waals surface area contributed by atoms with Crippen molar-refractivity contribution < 1.29 is 14.6 Å². The van der Waals surface area contributed by atoms with Gasteiger partial charge < -0.3 is 15.2 Å². The molecule has 2 atom stereocenters. The van der Waals surface area contributed by atoms with Gasteiger partial charge >= 0.3 is 5.97 Å². The van der Waals surface area contributed by atoms with Crippen LogP contribution in [0.25, 0.3) is 0 Å². The van der Waals surface area contributed by atoms with Gasteiger partial charge in [-0.1, -0.05) is 30.3 Å². The highest BCUT2D eigenvalue weighted by molar-refractivity contribution is 5.74. The first kappa shape index (κ1) is 11.1. The van der Waals surface area contributed by atoms with Crippen LogP contribution in [0, 0.1) is 0 Å². The molecular formula is C12H15NO3. The zero-order valence-electron chi connectivity index (χ0n) is 8.93. The first-order valence-corrected chi connectivity index (χ1v) is 5.39. The average molecular weight is 221 g/mol. The molecule has 16 heavy (non-hydrogen) atoms. The minimum absolute atomic E-state index is 0.224. The maximum absolute atomic E-state index is 10.9. The van der Waals surface area contributed by atoms with E-state index in [9.17, 15) is 4.79 Å². The summed E-state index contributed by atoms with van der Waals surface area (Å²) in [5.41, 5.74) is 1.07. The number of benzene rings is 1. The van der Waals surface area contributed by atoms with Crippen LogP contribution < -0.4 is 5.32 Å². The molecule has 0 spiro atoms. The minimum Gasteiger partial charge on any atom is -0.480 e. The molecule has 1 aromatic carbocycles. The lowest BCUT2D eigenvalue weighted by atomic mass is 10.1. The maximum Gasteiger partial charge on any atom is 0.323 e. The number of nitrogens with one attached hydrogen (secondary N) is 1. The summed E-state index contributed by atoms with van der Waals surface area (Å²) in [6.45, 7) is 1.17. The van der Waals surface area contributed by atoms with Crippen LogP contribution in [0.4, 0.5) is 0 Å². The van der Waals surface area contributed by atoms with Crippen LogP contribution in [0.2, 0.25) is 0 Å². The summed E-state index contributed by atoms with van der Waals surface area (Å²) in [4.78, 5) is 10.9. The van der Waals surface area contributed by atoms with Crippen molar-refractivity contribution in [2.24, 2.45) is 0 Å². The Kier molecular flexibility index (Phi) is 3.54. The Bertz CT molecular complexity index is 353. The molecule has 2 rings (SSSR count). The largest absolute Gasteiger partial charge is 0.480 e. The zero-order valence-corrected chi connectivity index (χ0v) is 8.93. The molecule has 0 amide bonds. The SMILES string of the molecule is O=C(O)[C@H]1NCCC1OCc1ccccc1. The molecule has 1 heterocycles. The molecule has 1 unspecified atom stereocenters. The number of carboxylic acid groups (broad SMARTS) is 1. The van der Waals surface area contributed by atoms with E-state index in [0.717, 1.165) is 12.0 Å². The van der Waals surface area contributed by atoms with Gasteiger partial charge in [0.05, 0.1) is 12.7 Å². The number of aliphatic carboxylic acids is 1. The third-order valence-corrected chi connectivity index (χ3v) is 2.74. The van der Waals surface area contributed by atoms with Crippen LogP contribution in [0.15, 0.2) is 30.3 Å². The van der Waals surface area contributed by atoms with Crippen LogP contribution in [0.1, 0.15) is 12.0 Å². The van der Waals surface area contributed by atoms with Crippen molar-refractivity contribution in [1.29, 1.82) is 0 Å². The molecule has 1 saturated heterocycles. The lowest BCUT2D eigenvalue weighted by Crippen LogP contribution is -2.39. The number of ether oxygens (including phenoxy) is 1. The lowest BCUT2D eigenvalue weighted by molar-refractivity contribution is -0.142. The van der Waals surface area contributed by atoms with Crippen LogP contribution >= 0.6 is 0 Å². The van der Waals surface area contributed by atoms with Crippen LogP contribution in [0.5, 0.6) is 0 Å². The van der Waals surface area contributed by atoms with E-state index in [1.807, 2.05) is 30.3 Å². The van der Waals surface area contributed by atoms with Crippen molar-refractivity contribution >= 4 is 5.97 Å². The van der Waals surface area contributed by atoms with Crippen LogP contribution in [-0.4, -0.2) is 29.8 Å². The number of rotatable bonds is 4. The minimum atomic E-state index is -0.837. The summed E-state index contributed by atoms with van der Waals surface area (Å²) in [6.07, 6.45) is 0.529. The van der Waals surface area contributed by atoms with Gasteiger partial charge in [0.1, 0.15) is 6.04 Å². The molecule has 1 aliphatic rings. The van der Waals surface area contributed by atoms with E-state index in [-0.39, 0.29) is 6.10 Å². The second kappa shape index (κ2) is 5.09. The Morgan fingerprint density at radius 2 is 2.19 bits per heavy atom. The Hall–Kier alpha value is -1.39. The molecule has 0 aromatic heterocycles. The fourth-order valence-corrected chi connectivity index (χ4v) is 1.88. The number of carboxylic acids is 1.